The molecule has 1 N–H and O–H groups in total. The van der Waals surface area contributed by atoms with E-state index >= 15 is 0 Å². The molecular formula is C22H32N2O3. The largest absolute Gasteiger partial charge is 0.494 e. The maximum absolute atomic E-state index is 12.6. The van der Waals surface area contributed by atoms with Crippen LogP contribution in [-0.4, -0.2) is 42.5 Å². The molecule has 0 bridgehead atoms. The zero-order chi connectivity index (χ0) is 18.9. The fraction of sp³-hybridized carbons (Fsp3) is 0.636. The predicted molar refractivity (Wildman–Crippen MR) is 105 cm³/mol. The number of para-hydroxylation sites is 1. The highest BCUT2D eigenvalue weighted by atomic mass is 16.5. The van der Waals surface area contributed by atoms with E-state index in [1.165, 1.54) is 19.3 Å². The monoisotopic (exact) mass is 372 g/mol. The molecular weight excluding hydrogens is 340 g/mol. The van der Waals surface area contributed by atoms with Crippen molar-refractivity contribution in [1.29, 1.82) is 0 Å². The minimum absolute atomic E-state index is 0.0868. The van der Waals surface area contributed by atoms with E-state index in [1.54, 1.807) is 0 Å². The lowest BCUT2D eigenvalue weighted by molar-refractivity contribution is -0.137. The van der Waals surface area contributed by atoms with Gasteiger partial charge in [-0.1, -0.05) is 37.5 Å². The second kappa shape index (κ2) is 10.3. The molecule has 3 rings (SSSR count). The van der Waals surface area contributed by atoms with Gasteiger partial charge < -0.3 is 15.0 Å². The molecule has 0 aromatic heterocycles. The summed E-state index contributed by atoms with van der Waals surface area (Å²) in [5.41, 5.74) is 0. The first-order chi connectivity index (χ1) is 13.2. The lowest BCUT2D eigenvalue weighted by atomic mass is 9.87. The van der Waals surface area contributed by atoms with Gasteiger partial charge in [0.05, 0.1) is 6.61 Å². The molecule has 0 spiro atoms. The fourth-order valence-electron chi connectivity index (χ4n) is 4.09. The van der Waals surface area contributed by atoms with E-state index in [4.69, 9.17) is 4.74 Å². The Morgan fingerprint density at radius 3 is 2.41 bits per heavy atom. The molecule has 1 aliphatic carbocycles. The van der Waals surface area contributed by atoms with E-state index in [2.05, 4.69) is 5.32 Å². The molecule has 1 saturated heterocycles. The third-order valence-electron chi connectivity index (χ3n) is 5.69. The molecule has 0 radical (unpaired) electrons. The molecule has 1 aromatic rings. The average molecular weight is 373 g/mol. The van der Waals surface area contributed by atoms with Gasteiger partial charge in [0.25, 0.3) is 0 Å². The molecule has 27 heavy (non-hydrogen) atoms. The van der Waals surface area contributed by atoms with Crippen LogP contribution in [0, 0.1) is 5.92 Å². The molecule has 2 amide bonds. The summed E-state index contributed by atoms with van der Waals surface area (Å²) < 4.78 is 5.62. The van der Waals surface area contributed by atoms with Crippen LogP contribution in [0.4, 0.5) is 0 Å². The van der Waals surface area contributed by atoms with E-state index in [0.717, 1.165) is 44.5 Å². The zero-order valence-electron chi connectivity index (χ0n) is 16.2. The molecule has 2 aliphatic rings. The summed E-state index contributed by atoms with van der Waals surface area (Å²) in [4.78, 5) is 26.8. The van der Waals surface area contributed by atoms with Gasteiger partial charge in [-0.15, -0.1) is 0 Å². The maximum atomic E-state index is 12.6. The highest BCUT2D eigenvalue weighted by Gasteiger charge is 2.29. The van der Waals surface area contributed by atoms with Crippen molar-refractivity contribution >= 4 is 11.8 Å². The summed E-state index contributed by atoms with van der Waals surface area (Å²) in [7, 11) is 0. The number of hydrogen-bond donors (Lipinski definition) is 1. The van der Waals surface area contributed by atoms with Crippen molar-refractivity contribution in [1.82, 2.24) is 10.2 Å². The van der Waals surface area contributed by atoms with Crippen LogP contribution in [0.3, 0.4) is 0 Å². The number of nitrogens with zero attached hydrogens (tertiary/aromatic N) is 1. The molecule has 148 valence electrons. The standard InChI is InChI=1S/C22H32N2O3/c25-21(12-7-17-27-20-10-5-2-6-11-20)23-19-13-15-24(16-14-19)22(26)18-8-3-1-4-9-18/h2,5-6,10-11,18-19H,1,3-4,7-9,12-17H2,(H,23,25). The number of carbonyl (C=O) groups excluding carboxylic acids is 2. The van der Waals surface area contributed by atoms with Crippen molar-refractivity contribution in [2.75, 3.05) is 19.7 Å². The summed E-state index contributed by atoms with van der Waals surface area (Å²) in [5.74, 6) is 1.52. The topological polar surface area (TPSA) is 58.6 Å². The molecule has 1 heterocycles. The maximum Gasteiger partial charge on any atom is 0.225 e. The lowest BCUT2D eigenvalue weighted by Crippen LogP contribution is -2.48. The van der Waals surface area contributed by atoms with E-state index in [9.17, 15) is 9.59 Å². The summed E-state index contributed by atoms with van der Waals surface area (Å²) in [6.45, 7) is 2.10. The van der Waals surface area contributed by atoms with Crippen LogP contribution >= 0.6 is 0 Å². The molecule has 2 fully saturated rings. The molecule has 5 heteroatoms. The average Bonchev–Trinajstić information content (AvgIpc) is 2.73. The van der Waals surface area contributed by atoms with Gasteiger partial charge >= 0.3 is 0 Å². The van der Waals surface area contributed by atoms with Crippen LogP contribution in [0.5, 0.6) is 5.75 Å². The predicted octanol–water partition coefficient (Wildman–Crippen LogP) is 3.53. The summed E-state index contributed by atoms with van der Waals surface area (Å²) >= 11 is 0. The van der Waals surface area contributed by atoms with Crippen LogP contribution < -0.4 is 10.1 Å². The Bertz CT molecular complexity index is 591. The van der Waals surface area contributed by atoms with Crippen LogP contribution in [0.1, 0.15) is 57.8 Å². The summed E-state index contributed by atoms with van der Waals surface area (Å²) in [6, 6.07) is 9.86. The van der Waals surface area contributed by atoms with Crippen molar-refractivity contribution in [3.63, 3.8) is 0 Å². The quantitative estimate of drug-likeness (QED) is 0.745. The van der Waals surface area contributed by atoms with Gasteiger partial charge in [0.15, 0.2) is 0 Å². The van der Waals surface area contributed by atoms with Gasteiger partial charge in [-0.3, -0.25) is 9.59 Å². The summed E-state index contributed by atoms with van der Waals surface area (Å²) in [5, 5.41) is 3.12. The Balaban J connectivity index is 1.29. The van der Waals surface area contributed by atoms with Crippen LogP contribution in [0.2, 0.25) is 0 Å². The van der Waals surface area contributed by atoms with Crippen molar-refractivity contribution in [2.24, 2.45) is 5.92 Å². The number of nitrogens with one attached hydrogen (secondary N) is 1. The van der Waals surface area contributed by atoms with E-state index in [-0.39, 0.29) is 17.9 Å². The van der Waals surface area contributed by atoms with Gasteiger partial charge in [0.1, 0.15) is 5.75 Å². The molecule has 1 aliphatic heterocycles. The Morgan fingerprint density at radius 1 is 1.00 bits per heavy atom. The lowest BCUT2D eigenvalue weighted by Gasteiger charge is -2.35. The van der Waals surface area contributed by atoms with Gasteiger partial charge in [0, 0.05) is 31.5 Å². The van der Waals surface area contributed by atoms with Crippen LogP contribution in [-0.2, 0) is 9.59 Å². The Morgan fingerprint density at radius 2 is 1.70 bits per heavy atom. The second-order valence-corrected chi connectivity index (χ2v) is 7.77. The van der Waals surface area contributed by atoms with Crippen LogP contribution in [0.15, 0.2) is 30.3 Å². The minimum Gasteiger partial charge on any atom is -0.494 e. The van der Waals surface area contributed by atoms with Crippen LogP contribution in [0.25, 0.3) is 0 Å². The Hall–Kier alpha value is -2.04. The normalized spacial score (nSPS) is 18.9. The number of ether oxygens (including phenoxy) is 1. The van der Waals surface area contributed by atoms with E-state index < -0.39 is 0 Å². The van der Waals surface area contributed by atoms with Gasteiger partial charge in [-0.25, -0.2) is 0 Å². The van der Waals surface area contributed by atoms with Crippen molar-refractivity contribution in [3.05, 3.63) is 30.3 Å². The van der Waals surface area contributed by atoms with Gasteiger partial charge in [-0.05, 0) is 44.2 Å². The molecule has 0 unspecified atom stereocenters. The first-order valence-electron chi connectivity index (χ1n) is 10.5. The third kappa shape index (κ3) is 6.26. The van der Waals surface area contributed by atoms with Crippen molar-refractivity contribution in [2.45, 2.75) is 63.8 Å². The molecule has 0 atom stereocenters. The number of amides is 2. The highest BCUT2D eigenvalue weighted by Crippen LogP contribution is 2.26. The minimum atomic E-state index is 0.0868. The number of hydrogen-bond acceptors (Lipinski definition) is 3. The summed E-state index contributed by atoms with van der Waals surface area (Å²) in [6.07, 6.45) is 8.69. The van der Waals surface area contributed by atoms with Crippen molar-refractivity contribution in [3.8, 4) is 5.75 Å². The van der Waals surface area contributed by atoms with Crippen molar-refractivity contribution < 1.29 is 14.3 Å². The Labute approximate surface area is 162 Å². The fourth-order valence-corrected chi connectivity index (χ4v) is 4.09. The van der Waals surface area contributed by atoms with E-state index in [0.29, 0.717) is 25.4 Å². The molecule has 1 saturated carbocycles. The van der Waals surface area contributed by atoms with Gasteiger partial charge in [-0.2, -0.15) is 0 Å². The smallest absolute Gasteiger partial charge is 0.225 e. The third-order valence-corrected chi connectivity index (χ3v) is 5.69. The van der Waals surface area contributed by atoms with Gasteiger partial charge in [0.2, 0.25) is 11.8 Å². The Kier molecular flexibility index (Phi) is 7.55. The number of piperidine rings is 1. The first-order valence-corrected chi connectivity index (χ1v) is 10.5. The highest BCUT2D eigenvalue weighted by molar-refractivity contribution is 5.79. The zero-order valence-corrected chi connectivity index (χ0v) is 16.2. The SMILES string of the molecule is O=C(CCCOc1ccccc1)NC1CCN(C(=O)C2CCCCC2)CC1. The molecule has 5 nitrogen and oxygen atoms in total. The second-order valence-electron chi connectivity index (χ2n) is 7.77. The number of carbonyl (C=O) groups is 2. The number of rotatable bonds is 7. The number of benzene rings is 1. The first kappa shape index (κ1) is 19.7. The molecule has 1 aromatic carbocycles. The number of likely N-dealkylation sites (tertiary alicyclic amines) is 1. The van der Waals surface area contributed by atoms with E-state index in [1.807, 2.05) is 35.2 Å².